The highest BCUT2D eigenvalue weighted by atomic mass is 15.2. The van der Waals surface area contributed by atoms with Crippen LogP contribution in [0.25, 0.3) is 0 Å². The van der Waals surface area contributed by atoms with Gasteiger partial charge in [0.15, 0.2) is 0 Å². The topological polar surface area (TPSA) is 29.3 Å². The summed E-state index contributed by atoms with van der Waals surface area (Å²) in [7, 11) is 2.23. The number of benzene rings is 1. The summed E-state index contributed by atoms with van der Waals surface area (Å²) >= 11 is 0. The smallest absolute Gasteiger partial charge is 0.0357 e. The van der Waals surface area contributed by atoms with Crippen LogP contribution in [-0.2, 0) is 6.54 Å². The first-order chi connectivity index (χ1) is 8.62. The number of aryl methyl sites for hydroxylation is 1. The average molecular weight is 246 g/mol. The lowest BCUT2D eigenvalue weighted by molar-refractivity contribution is 0.0891. The number of hydrogen-bond donors (Lipinski definition) is 1. The molecule has 2 heteroatoms. The van der Waals surface area contributed by atoms with E-state index in [9.17, 15) is 0 Å². The van der Waals surface area contributed by atoms with Crippen LogP contribution in [0.2, 0.25) is 0 Å². The molecule has 1 unspecified atom stereocenters. The van der Waals surface area contributed by atoms with Crippen molar-refractivity contribution in [2.75, 3.05) is 13.6 Å². The van der Waals surface area contributed by atoms with Gasteiger partial charge in [-0.3, -0.25) is 4.90 Å². The van der Waals surface area contributed by atoms with Gasteiger partial charge in [-0.25, -0.2) is 0 Å². The average Bonchev–Trinajstić information content (AvgIpc) is 3.19. The van der Waals surface area contributed by atoms with Crippen molar-refractivity contribution in [3.8, 4) is 0 Å². The Morgan fingerprint density at radius 3 is 2.33 bits per heavy atom. The van der Waals surface area contributed by atoms with E-state index in [1.807, 2.05) is 0 Å². The summed E-state index contributed by atoms with van der Waals surface area (Å²) in [5, 5.41) is 0. The second-order valence-corrected chi connectivity index (χ2v) is 5.78. The molecule has 0 heterocycles. The van der Waals surface area contributed by atoms with Crippen LogP contribution < -0.4 is 5.73 Å². The Bertz CT molecular complexity index is 375. The van der Waals surface area contributed by atoms with Gasteiger partial charge in [-0.05, 0) is 44.7 Å². The molecule has 1 fully saturated rings. The Balaban J connectivity index is 2.09. The molecule has 1 atom stereocenters. The molecule has 100 valence electrons. The lowest BCUT2D eigenvalue weighted by Gasteiger charge is -2.41. The zero-order valence-corrected chi connectivity index (χ0v) is 11.9. The fourth-order valence-electron chi connectivity index (χ4n) is 3.08. The summed E-state index contributed by atoms with van der Waals surface area (Å²) < 4.78 is 0. The van der Waals surface area contributed by atoms with Gasteiger partial charge in [0, 0.05) is 18.6 Å². The van der Waals surface area contributed by atoms with E-state index in [1.165, 1.54) is 24.0 Å². The first-order valence-electron chi connectivity index (χ1n) is 7.09. The van der Waals surface area contributed by atoms with Gasteiger partial charge in [0.25, 0.3) is 0 Å². The maximum absolute atomic E-state index is 6.10. The van der Waals surface area contributed by atoms with E-state index < -0.39 is 0 Å². The first kappa shape index (κ1) is 13.6. The minimum atomic E-state index is 0.213. The van der Waals surface area contributed by atoms with Crippen LogP contribution >= 0.6 is 0 Å². The van der Waals surface area contributed by atoms with E-state index in [2.05, 4.69) is 50.1 Å². The SMILES string of the molecule is CCC(CN)(C1CC1)N(C)Cc1ccc(C)cc1. The molecule has 1 saturated carbocycles. The summed E-state index contributed by atoms with van der Waals surface area (Å²) in [6, 6.07) is 8.85. The van der Waals surface area contributed by atoms with Crippen LogP contribution in [-0.4, -0.2) is 24.0 Å². The van der Waals surface area contributed by atoms with Gasteiger partial charge >= 0.3 is 0 Å². The normalized spacial score (nSPS) is 18.9. The Hall–Kier alpha value is -0.860. The Morgan fingerprint density at radius 1 is 1.28 bits per heavy atom. The molecule has 0 radical (unpaired) electrons. The third-order valence-electron chi connectivity index (χ3n) is 4.60. The molecule has 0 aliphatic heterocycles. The molecule has 2 N–H and O–H groups in total. The summed E-state index contributed by atoms with van der Waals surface area (Å²) in [4.78, 5) is 2.48. The van der Waals surface area contributed by atoms with Crippen molar-refractivity contribution >= 4 is 0 Å². The fourth-order valence-corrected chi connectivity index (χ4v) is 3.08. The maximum Gasteiger partial charge on any atom is 0.0357 e. The van der Waals surface area contributed by atoms with Crippen molar-refractivity contribution in [1.29, 1.82) is 0 Å². The van der Waals surface area contributed by atoms with Crippen molar-refractivity contribution in [3.63, 3.8) is 0 Å². The van der Waals surface area contributed by atoms with Crippen LogP contribution in [0.3, 0.4) is 0 Å². The molecule has 2 nitrogen and oxygen atoms in total. The lowest BCUT2D eigenvalue weighted by Crippen LogP contribution is -2.53. The highest BCUT2D eigenvalue weighted by Crippen LogP contribution is 2.44. The van der Waals surface area contributed by atoms with Gasteiger partial charge in [-0.2, -0.15) is 0 Å². The van der Waals surface area contributed by atoms with Crippen LogP contribution in [0.4, 0.5) is 0 Å². The quantitative estimate of drug-likeness (QED) is 0.836. The van der Waals surface area contributed by atoms with Gasteiger partial charge in [0.2, 0.25) is 0 Å². The summed E-state index contributed by atoms with van der Waals surface area (Å²) in [6.45, 7) is 6.18. The van der Waals surface area contributed by atoms with Crippen molar-refractivity contribution in [2.45, 2.75) is 45.2 Å². The monoisotopic (exact) mass is 246 g/mol. The van der Waals surface area contributed by atoms with Gasteiger partial charge in [0.05, 0.1) is 0 Å². The molecular formula is C16H26N2. The summed E-state index contributed by atoms with van der Waals surface area (Å²) in [6.07, 6.45) is 3.85. The standard InChI is InChI=1S/C16H26N2/c1-4-16(12-17,15-9-10-15)18(3)11-14-7-5-13(2)6-8-14/h5-8,15H,4,9-12,17H2,1-3H3. The van der Waals surface area contributed by atoms with E-state index in [4.69, 9.17) is 5.73 Å². The number of nitrogens with zero attached hydrogens (tertiary/aromatic N) is 1. The molecule has 1 aliphatic rings. The highest BCUT2D eigenvalue weighted by molar-refractivity contribution is 5.21. The van der Waals surface area contributed by atoms with Crippen molar-refractivity contribution in [2.24, 2.45) is 11.7 Å². The Morgan fingerprint density at radius 2 is 1.89 bits per heavy atom. The number of nitrogens with two attached hydrogens (primary N) is 1. The van der Waals surface area contributed by atoms with Crippen molar-refractivity contribution in [1.82, 2.24) is 4.90 Å². The van der Waals surface area contributed by atoms with Gasteiger partial charge in [0.1, 0.15) is 0 Å². The van der Waals surface area contributed by atoms with E-state index in [-0.39, 0.29) is 5.54 Å². The third kappa shape index (κ3) is 2.60. The van der Waals surface area contributed by atoms with Gasteiger partial charge in [-0.1, -0.05) is 36.8 Å². The third-order valence-corrected chi connectivity index (χ3v) is 4.60. The van der Waals surface area contributed by atoms with Gasteiger partial charge in [-0.15, -0.1) is 0 Å². The van der Waals surface area contributed by atoms with E-state index in [0.29, 0.717) is 0 Å². The predicted octanol–water partition coefficient (Wildman–Crippen LogP) is 2.94. The zero-order chi connectivity index (χ0) is 13.2. The Kier molecular flexibility index (Phi) is 4.08. The summed E-state index contributed by atoms with van der Waals surface area (Å²) in [5.74, 6) is 0.808. The molecule has 0 amide bonds. The molecule has 0 saturated heterocycles. The lowest BCUT2D eigenvalue weighted by atomic mass is 9.88. The summed E-state index contributed by atoms with van der Waals surface area (Å²) in [5.41, 5.74) is 9.02. The molecule has 0 bridgehead atoms. The van der Waals surface area contributed by atoms with Gasteiger partial charge < -0.3 is 5.73 Å². The van der Waals surface area contributed by atoms with Crippen molar-refractivity contribution < 1.29 is 0 Å². The molecule has 1 aliphatic carbocycles. The largest absolute Gasteiger partial charge is 0.329 e. The molecule has 18 heavy (non-hydrogen) atoms. The molecular weight excluding hydrogens is 220 g/mol. The van der Waals surface area contributed by atoms with E-state index in [0.717, 1.165) is 25.4 Å². The Labute approximate surface area is 111 Å². The van der Waals surface area contributed by atoms with E-state index >= 15 is 0 Å². The van der Waals surface area contributed by atoms with Crippen molar-refractivity contribution in [3.05, 3.63) is 35.4 Å². The minimum absolute atomic E-state index is 0.213. The molecule has 0 spiro atoms. The second kappa shape index (κ2) is 5.41. The second-order valence-electron chi connectivity index (χ2n) is 5.78. The maximum atomic E-state index is 6.10. The number of hydrogen-bond acceptors (Lipinski definition) is 2. The van der Waals surface area contributed by atoms with E-state index in [1.54, 1.807) is 0 Å². The first-order valence-corrected chi connectivity index (χ1v) is 7.09. The molecule has 1 aromatic rings. The van der Waals surface area contributed by atoms with Crippen LogP contribution in [0, 0.1) is 12.8 Å². The highest BCUT2D eigenvalue weighted by Gasteiger charge is 2.45. The van der Waals surface area contributed by atoms with Crippen LogP contribution in [0.1, 0.15) is 37.3 Å². The fraction of sp³-hybridized carbons (Fsp3) is 0.625. The number of likely N-dealkylation sites (N-methyl/N-ethyl adjacent to an activating group) is 1. The molecule has 1 aromatic carbocycles. The molecule has 2 rings (SSSR count). The number of rotatable bonds is 6. The van der Waals surface area contributed by atoms with Crippen LogP contribution in [0.5, 0.6) is 0 Å². The van der Waals surface area contributed by atoms with Crippen LogP contribution in [0.15, 0.2) is 24.3 Å². The molecule has 0 aromatic heterocycles. The predicted molar refractivity (Wildman–Crippen MR) is 77.4 cm³/mol. The minimum Gasteiger partial charge on any atom is -0.329 e. The zero-order valence-electron chi connectivity index (χ0n) is 11.9.